The standard InChI is InChI=1S/C18H16N4O/c1-18(2)12-9-14-15(10-13(12)22-17(18)23)21-16(20-14)4-3-11-5-7-19-8-6-11/h3-10H,1-2H3,(H,20,21)(H,22,23). The molecule has 5 nitrogen and oxygen atoms in total. The number of pyridine rings is 1. The van der Waals surface area contributed by atoms with E-state index in [9.17, 15) is 4.79 Å². The summed E-state index contributed by atoms with van der Waals surface area (Å²) in [5, 5.41) is 2.94. The van der Waals surface area contributed by atoms with Crippen molar-refractivity contribution in [1.82, 2.24) is 15.0 Å². The number of aromatic nitrogens is 3. The zero-order chi connectivity index (χ0) is 16.0. The molecule has 23 heavy (non-hydrogen) atoms. The van der Waals surface area contributed by atoms with Gasteiger partial charge < -0.3 is 10.3 Å². The molecule has 5 heteroatoms. The van der Waals surface area contributed by atoms with E-state index < -0.39 is 5.41 Å². The van der Waals surface area contributed by atoms with E-state index in [4.69, 9.17) is 0 Å². The molecule has 0 aliphatic carbocycles. The van der Waals surface area contributed by atoms with Gasteiger partial charge in [0.1, 0.15) is 5.82 Å². The lowest BCUT2D eigenvalue weighted by Crippen LogP contribution is -2.26. The highest BCUT2D eigenvalue weighted by Gasteiger charge is 2.38. The van der Waals surface area contributed by atoms with Crippen molar-refractivity contribution in [2.75, 3.05) is 5.32 Å². The fraction of sp³-hybridized carbons (Fsp3) is 0.167. The number of hydrogen-bond acceptors (Lipinski definition) is 3. The summed E-state index contributed by atoms with van der Waals surface area (Å²) in [5.74, 6) is 0.808. The molecule has 3 heterocycles. The van der Waals surface area contributed by atoms with Crippen molar-refractivity contribution >= 4 is 34.8 Å². The number of carbonyl (C=O) groups is 1. The van der Waals surface area contributed by atoms with Gasteiger partial charge in [-0.05, 0) is 55.3 Å². The van der Waals surface area contributed by atoms with E-state index in [0.29, 0.717) is 0 Å². The maximum atomic E-state index is 12.0. The topological polar surface area (TPSA) is 70.7 Å². The fourth-order valence-electron chi connectivity index (χ4n) is 2.83. The lowest BCUT2D eigenvalue weighted by molar-refractivity contribution is -0.119. The number of H-pyrrole nitrogens is 1. The molecular weight excluding hydrogens is 288 g/mol. The number of aromatic amines is 1. The SMILES string of the molecule is CC1(C)C(=O)Nc2cc3[nH]c(C=Cc4ccncc4)nc3cc21. The number of nitrogens with one attached hydrogen (secondary N) is 2. The molecule has 0 unspecified atom stereocenters. The summed E-state index contributed by atoms with van der Waals surface area (Å²) in [5.41, 5.74) is 4.18. The monoisotopic (exact) mass is 304 g/mol. The first-order valence-electron chi connectivity index (χ1n) is 7.48. The molecule has 1 aliphatic heterocycles. The molecule has 0 saturated carbocycles. The minimum Gasteiger partial charge on any atom is -0.338 e. The Morgan fingerprint density at radius 1 is 1.13 bits per heavy atom. The zero-order valence-electron chi connectivity index (χ0n) is 12.9. The summed E-state index contributed by atoms with van der Waals surface area (Å²) >= 11 is 0. The van der Waals surface area contributed by atoms with E-state index in [-0.39, 0.29) is 5.91 Å². The van der Waals surface area contributed by atoms with Gasteiger partial charge in [0, 0.05) is 18.1 Å². The molecule has 0 bridgehead atoms. The van der Waals surface area contributed by atoms with Gasteiger partial charge in [0.2, 0.25) is 5.91 Å². The molecule has 0 atom stereocenters. The number of fused-ring (bicyclic) bond motifs is 2. The van der Waals surface area contributed by atoms with Crippen LogP contribution < -0.4 is 5.32 Å². The summed E-state index contributed by atoms with van der Waals surface area (Å²) in [6, 6.07) is 7.81. The van der Waals surface area contributed by atoms with Gasteiger partial charge in [-0.2, -0.15) is 0 Å². The van der Waals surface area contributed by atoms with Crippen LogP contribution in [0.1, 0.15) is 30.8 Å². The molecule has 3 aromatic rings. The molecule has 2 N–H and O–H groups in total. The van der Waals surface area contributed by atoms with Crippen LogP contribution in [0.4, 0.5) is 5.69 Å². The molecule has 1 aromatic carbocycles. The molecular formula is C18H16N4O. The third-order valence-electron chi connectivity index (χ3n) is 4.27. The Kier molecular flexibility index (Phi) is 2.84. The van der Waals surface area contributed by atoms with E-state index in [1.165, 1.54) is 0 Å². The summed E-state index contributed by atoms with van der Waals surface area (Å²) in [4.78, 5) is 23.9. The first-order valence-corrected chi connectivity index (χ1v) is 7.48. The van der Waals surface area contributed by atoms with E-state index in [0.717, 1.165) is 33.7 Å². The van der Waals surface area contributed by atoms with Crippen LogP contribution in [0.2, 0.25) is 0 Å². The van der Waals surface area contributed by atoms with Crippen LogP contribution in [0.15, 0.2) is 36.7 Å². The number of anilines is 1. The van der Waals surface area contributed by atoms with Gasteiger partial charge in [-0.3, -0.25) is 9.78 Å². The maximum Gasteiger partial charge on any atom is 0.234 e. The normalized spacial score (nSPS) is 16.0. The Balaban J connectivity index is 1.73. The highest BCUT2D eigenvalue weighted by Crippen LogP contribution is 2.39. The van der Waals surface area contributed by atoms with Crippen molar-refractivity contribution < 1.29 is 4.79 Å². The van der Waals surface area contributed by atoms with Crippen molar-refractivity contribution in [3.05, 3.63) is 53.6 Å². The lowest BCUT2D eigenvalue weighted by atomic mass is 9.86. The van der Waals surface area contributed by atoms with E-state index >= 15 is 0 Å². The van der Waals surface area contributed by atoms with Gasteiger partial charge in [0.15, 0.2) is 0 Å². The summed E-state index contributed by atoms with van der Waals surface area (Å²) in [7, 11) is 0. The first-order chi connectivity index (χ1) is 11.0. The largest absolute Gasteiger partial charge is 0.338 e. The van der Waals surface area contributed by atoms with Crippen molar-refractivity contribution in [2.24, 2.45) is 0 Å². The second kappa shape index (κ2) is 4.78. The molecule has 4 rings (SSSR count). The molecule has 114 valence electrons. The van der Waals surface area contributed by atoms with Crippen molar-refractivity contribution in [3.63, 3.8) is 0 Å². The average Bonchev–Trinajstić information content (AvgIpc) is 3.03. The number of carbonyl (C=O) groups excluding carboxylic acids is 1. The van der Waals surface area contributed by atoms with Crippen molar-refractivity contribution in [2.45, 2.75) is 19.3 Å². The first kappa shape index (κ1) is 13.7. The van der Waals surface area contributed by atoms with Gasteiger partial charge in [0.05, 0.1) is 16.4 Å². The van der Waals surface area contributed by atoms with Crippen LogP contribution >= 0.6 is 0 Å². The van der Waals surface area contributed by atoms with Gasteiger partial charge >= 0.3 is 0 Å². The number of imidazole rings is 1. The summed E-state index contributed by atoms with van der Waals surface area (Å²) in [6.07, 6.45) is 7.43. The van der Waals surface area contributed by atoms with Crippen LogP contribution in [0.5, 0.6) is 0 Å². The maximum absolute atomic E-state index is 12.0. The Bertz CT molecular complexity index is 938. The zero-order valence-corrected chi connectivity index (χ0v) is 12.9. The fourth-order valence-corrected chi connectivity index (χ4v) is 2.83. The Morgan fingerprint density at radius 2 is 1.91 bits per heavy atom. The van der Waals surface area contributed by atoms with Gasteiger partial charge in [-0.25, -0.2) is 4.98 Å². The molecule has 1 amide bonds. The number of hydrogen-bond donors (Lipinski definition) is 2. The van der Waals surface area contributed by atoms with Crippen LogP contribution in [-0.4, -0.2) is 20.9 Å². The number of nitrogens with zero attached hydrogens (tertiary/aromatic N) is 2. The quantitative estimate of drug-likeness (QED) is 0.762. The molecule has 0 fully saturated rings. The molecule has 1 aliphatic rings. The Hall–Kier alpha value is -2.95. The molecule has 0 radical (unpaired) electrons. The second-order valence-electron chi connectivity index (χ2n) is 6.23. The minimum atomic E-state index is -0.518. The Morgan fingerprint density at radius 3 is 2.70 bits per heavy atom. The number of amides is 1. The van der Waals surface area contributed by atoms with Crippen LogP contribution in [0.25, 0.3) is 23.2 Å². The smallest absolute Gasteiger partial charge is 0.234 e. The predicted octanol–water partition coefficient (Wildman–Crippen LogP) is 3.36. The second-order valence-corrected chi connectivity index (χ2v) is 6.23. The van der Waals surface area contributed by atoms with E-state index in [1.807, 2.05) is 50.3 Å². The highest BCUT2D eigenvalue weighted by molar-refractivity contribution is 6.07. The van der Waals surface area contributed by atoms with Crippen LogP contribution in [-0.2, 0) is 10.2 Å². The van der Waals surface area contributed by atoms with Gasteiger partial charge in [-0.1, -0.05) is 6.08 Å². The van der Waals surface area contributed by atoms with E-state index in [2.05, 4.69) is 20.3 Å². The van der Waals surface area contributed by atoms with Crippen molar-refractivity contribution in [3.8, 4) is 0 Å². The van der Waals surface area contributed by atoms with Crippen molar-refractivity contribution in [1.29, 1.82) is 0 Å². The molecule has 0 saturated heterocycles. The lowest BCUT2D eigenvalue weighted by Gasteiger charge is -2.14. The molecule has 2 aromatic heterocycles. The summed E-state index contributed by atoms with van der Waals surface area (Å²) < 4.78 is 0. The third-order valence-corrected chi connectivity index (χ3v) is 4.27. The molecule has 0 spiro atoms. The summed E-state index contributed by atoms with van der Waals surface area (Å²) in [6.45, 7) is 3.85. The van der Waals surface area contributed by atoms with Gasteiger partial charge in [-0.15, -0.1) is 0 Å². The Labute approximate surface area is 133 Å². The van der Waals surface area contributed by atoms with Crippen LogP contribution in [0, 0.1) is 0 Å². The highest BCUT2D eigenvalue weighted by atomic mass is 16.2. The number of benzene rings is 1. The number of rotatable bonds is 2. The average molecular weight is 304 g/mol. The third kappa shape index (κ3) is 2.21. The predicted molar refractivity (Wildman–Crippen MR) is 90.9 cm³/mol. The minimum absolute atomic E-state index is 0.0259. The van der Waals surface area contributed by atoms with E-state index in [1.54, 1.807) is 12.4 Å². The van der Waals surface area contributed by atoms with Crippen LogP contribution in [0.3, 0.4) is 0 Å². The van der Waals surface area contributed by atoms with Gasteiger partial charge in [0.25, 0.3) is 0 Å².